The largest absolute Gasteiger partial charge is 0.467 e. The second kappa shape index (κ2) is 8.30. The second-order valence-corrected chi connectivity index (χ2v) is 6.49. The van der Waals surface area contributed by atoms with E-state index in [4.69, 9.17) is 4.42 Å². The standard InChI is InChI=1S/C17H15F3N4O2S/c18-17(19,20)11-23(9-14-7-4-8-26-14)15(25)10-27-16-22-21-12-24(16)13-5-2-1-3-6-13/h1-8,12H,9-11H2. The van der Waals surface area contributed by atoms with Gasteiger partial charge in [-0.1, -0.05) is 30.0 Å². The summed E-state index contributed by atoms with van der Waals surface area (Å²) in [6, 6.07) is 12.3. The van der Waals surface area contributed by atoms with E-state index in [1.807, 2.05) is 30.3 Å². The summed E-state index contributed by atoms with van der Waals surface area (Å²) in [5.74, 6) is -0.594. The van der Waals surface area contributed by atoms with Crippen molar-refractivity contribution in [2.75, 3.05) is 12.3 Å². The summed E-state index contributed by atoms with van der Waals surface area (Å²) >= 11 is 1.02. The first-order valence-corrected chi connectivity index (χ1v) is 8.86. The molecule has 6 nitrogen and oxygen atoms in total. The number of benzene rings is 1. The van der Waals surface area contributed by atoms with Crippen LogP contribution in [0.2, 0.25) is 0 Å². The molecule has 0 aliphatic carbocycles. The van der Waals surface area contributed by atoms with Crippen molar-refractivity contribution in [3.63, 3.8) is 0 Å². The Hall–Kier alpha value is -2.75. The van der Waals surface area contributed by atoms with Gasteiger partial charge < -0.3 is 9.32 Å². The highest BCUT2D eigenvalue weighted by atomic mass is 32.2. The van der Waals surface area contributed by atoms with Crippen LogP contribution in [0.5, 0.6) is 0 Å². The summed E-state index contributed by atoms with van der Waals surface area (Å²) in [5.41, 5.74) is 0.792. The van der Waals surface area contributed by atoms with Crippen molar-refractivity contribution in [1.29, 1.82) is 0 Å². The van der Waals surface area contributed by atoms with E-state index in [0.717, 1.165) is 22.3 Å². The van der Waals surface area contributed by atoms with E-state index in [1.165, 1.54) is 18.7 Å². The summed E-state index contributed by atoms with van der Waals surface area (Å²) in [6.07, 6.45) is -1.67. The van der Waals surface area contributed by atoms with Crippen molar-refractivity contribution in [2.24, 2.45) is 0 Å². The fraction of sp³-hybridized carbons (Fsp3) is 0.235. The third kappa shape index (κ3) is 5.36. The number of aromatic nitrogens is 3. The van der Waals surface area contributed by atoms with E-state index in [0.29, 0.717) is 5.16 Å². The van der Waals surface area contributed by atoms with Crippen LogP contribution in [0, 0.1) is 0 Å². The van der Waals surface area contributed by atoms with Gasteiger partial charge in [0.25, 0.3) is 0 Å². The van der Waals surface area contributed by atoms with E-state index in [-0.39, 0.29) is 18.1 Å². The van der Waals surface area contributed by atoms with Crippen molar-refractivity contribution >= 4 is 17.7 Å². The third-order valence-electron chi connectivity index (χ3n) is 3.53. The van der Waals surface area contributed by atoms with E-state index >= 15 is 0 Å². The van der Waals surface area contributed by atoms with E-state index in [2.05, 4.69) is 10.2 Å². The van der Waals surface area contributed by atoms with Gasteiger partial charge >= 0.3 is 6.18 Å². The number of nitrogens with zero attached hydrogens (tertiary/aromatic N) is 4. The maximum atomic E-state index is 12.8. The zero-order valence-electron chi connectivity index (χ0n) is 14.0. The van der Waals surface area contributed by atoms with Gasteiger partial charge in [-0.05, 0) is 24.3 Å². The number of rotatable bonds is 7. The van der Waals surface area contributed by atoms with E-state index in [1.54, 1.807) is 10.6 Å². The molecule has 3 rings (SSSR count). The zero-order valence-corrected chi connectivity index (χ0v) is 14.8. The number of hydrogen-bond donors (Lipinski definition) is 0. The van der Waals surface area contributed by atoms with Crippen molar-refractivity contribution < 1.29 is 22.4 Å². The molecule has 0 unspecified atom stereocenters. The number of halogens is 3. The molecule has 0 radical (unpaired) electrons. The van der Waals surface area contributed by atoms with Crippen LogP contribution >= 0.6 is 11.8 Å². The van der Waals surface area contributed by atoms with Crippen molar-refractivity contribution in [3.05, 3.63) is 60.8 Å². The minimum atomic E-state index is -4.50. The summed E-state index contributed by atoms with van der Waals surface area (Å²) in [7, 11) is 0. The normalized spacial score (nSPS) is 11.5. The van der Waals surface area contributed by atoms with Gasteiger partial charge in [0.2, 0.25) is 5.91 Å². The Bertz CT molecular complexity index is 866. The quantitative estimate of drug-likeness (QED) is 0.572. The Labute approximate surface area is 157 Å². The van der Waals surface area contributed by atoms with Crippen LogP contribution < -0.4 is 0 Å². The topological polar surface area (TPSA) is 64.2 Å². The van der Waals surface area contributed by atoms with Crippen LogP contribution in [0.3, 0.4) is 0 Å². The predicted octanol–water partition coefficient (Wildman–Crippen LogP) is 3.54. The highest BCUT2D eigenvalue weighted by molar-refractivity contribution is 7.99. The van der Waals surface area contributed by atoms with E-state index in [9.17, 15) is 18.0 Å². The molecule has 10 heteroatoms. The summed E-state index contributed by atoms with van der Waals surface area (Å²) < 4.78 is 45.2. The zero-order chi connectivity index (χ0) is 19.3. The van der Waals surface area contributed by atoms with Gasteiger partial charge in [-0.15, -0.1) is 10.2 Å². The smallest absolute Gasteiger partial charge is 0.406 e. The van der Waals surface area contributed by atoms with Gasteiger partial charge in [0.05, 0.1) is 18.6 Å². The molecule has 142 valence electrons. The fourth-order valence-corrected chi connectivity index (χ4v) is 3.18. The van der Waals surface area contributed by atoms with Crippen LogP contribution in [-0.2, 0) is 11.3 Å². The monoisotopic (exact) mass is 396 g/mol. The molecule has 0 N–H and O–H groups in total. The van der Waals surface area contributed by atoms with Gasteiger partial charge in [-0.2, -0.15) is 13.2 Å². The molecule has 0 aliphatic heterocycles. The lowest BCUT2D eigenvalue weighted by Gasteiger charge is -2.22. The number of amides is 1. The first-order chi connectivity index (χ1) is 12.9. The maximum Gasteiger partial charge on any atom is 0.406 e. The molecule has 0 aliphatic rings. The lowest BCUT2D eigenvalue weighted by atomic mass is 10.3. The number of furan rings is 1. The Kier molecular flexibility index (Phi) is 5.84. The van der Waals surface area contributed by atoms with Gasteiger partial charge in [0.15, 0.2) is 5.16 Å². The van der Waals surface area contributed by atoms with Gasteiger partial charge in [0.1, 0.15) is 18.6 Å². The van der Waals surface area contributed by atoms with Gasteiger partial charge in [-0.3, -0.25) is 9.36 Å². The Balaban J connectivity index is 1.68. The van der Waals surface area contributed by atoms with Crippen molar-refractivity contribution in [1.82, 2.24) is 19.7 Å². The summed E-state index contributed by atoms with van der Waals surface area (Å²) in [5, 5.41) is 8.17. The van der Waals surface area contributed by atoms with Crippen LogP contribution in [0.25, 0.3) is 5.69 Å². The van der Waals surface area contributed by atoms with Crippen LogP contribution in [-0.4, -0.2) is 44.0 Å². The lowest BCUT2D eigenvalue weighted by Crippen LogP contribution is -2.39. The molecule has 2 heterocycles. The van der Waals surface area contributed by atoms with Crippen LogP contribution in [0.4, 0.5) is 13.2 Å². The predicted molar refractivity (Wildman–Crippen MR) is 92.3 cm³/mol. The SMILES string of the molecule is O=C(CSc1nncn1-c1ccccc1)N(Cc1ccco1)CC(F)(F)F. The van der Waals surface area contributed by atoms with Crippen LogP contribution in [0.1, 0.15) is 5.76 Å². The minimum Gasteiger partial charge on any atom is -0.467 e. The van der Waals surface area contributed by atoms with Crippen molar-refractivity contribution in [2.45, 2.75) is 17.9 Å². The Morgan fingerprint density at radius 1 is 1.19 bits per heavy atom. The number of hydrogen-bond acceptors (Lipinski definition) is 5. The van der Waals surface area contributed by atoms with Gasteiger partial charge in [0, 0.05) is 5.69 Å². The molecule has 0 atom stereocenters. The molecule has 0 fully saturated rings. The molecule has 27 heavy (non-hydrogen) atoms. The lowest BCUT2D eigenvalue weighted by molar-refractivity contribution is -0.161. The molecule has 1 amide bonds. The highest BCUT2D eigenvalue weighted by Gasteiger charge is 2.33. The average Bonchev–Trinajstić information content (AvgIpc) is 3.30. The minimum absolute atomic E-state index is 0.206. The molecule has 0 saturated carbocycles. The molecular formula is C17H15F3N4O2S. The van der Waals surface area contributed by atoms with Crippen LogP contribution in [0.15, 0.2) is 64.6 Å². The Morgan fingerprint density at radius 2 is 1.96 bits per heavy atom. The number of alkyl halides is 3. The van der Waals surface area contributed by atoms with Crippen molar-refractivity contribution in [3.8, 4) is 5.69 Å². The fourth-order valence-electron chi connectivity index (χ4n) is 2.35. The molecule has 3 aromatic rings. The summed E-state index contributed by atoms with van der Waals surface area (Å²) in [4.78, 5) is 13.1. The van der Waals surface area contributed by atoms with Gasteiger partial charge in [-0.25, -0.2) is 0 Å². The number of thioether (sulfide) groups is 1. The second-order valence-electron chi connectivity index (χ2n) is 5.55. The number of carbonyl (C=O) groups excluding carboxylic acids is 1. The molecule has 0 bridgehead atoms. The molecule has 0 spiro atoms. The van der Waals surface area contributed by atoms with E-state index < -0.39 is 18.6 Å². The highest BCUT2D eigenvalue weighted by Crippen LogP contribution is 2.22. The number of carbonyl (C=O) groups is 1. The molecule has 1 aromatic carbocycles. The first kappa shape index (κ1) is 19.0. The molecular weight excluding hydrogens is 381 g/mol. The summed E-state index contributed by atoms with van der Waals surface area (Å²) in [6.45, 7) is -1.60. The average molecular weight is 396 g/mol. The molecule has 2 aromatic heterocycles. The number of para-hydroxylation sites is 1. The third-order valence-corrected chi connectivity index (χ3v) is 4.45. The Morgan fingerprint density at radius 3 is 2.63 bits per heavy atom. The first-order valence-electron chi connectivity index (χ1n) is 7.87. The molecule has 0 saturated heterocycles. The maximum absolute atomic E-state index is 12.8.